The lowest BCUT2D eigenvalue weighted by Crippen LogP contribution is -2.55. The molecule has 0 bridgehead atoms. The van der Waals surface area contributed by atoms with Crippen molar-refractivity contribution in [2.24, 2.45) is 5.92 Å². The van der Waals surface area contributed by atoms with Crippen molar-refractivity contribution >= 4 is 35.1 Å². The fraction of sp³-hybridized carbons (Fsp3) is 0.250. The van der Waals surface area contributed by atoms with Crippen molar-refractivity contribution in [3.8, 4) is 0 Å². The predicted octanol–water partition coefficient (Wildman–Crippen LogP) is 1.53. The van der Waals surface area contributed by atoms with E-state index in [1.54, 1.807) is 6.20 Å². The third-order valence-electron chi connectivity index (χ3n) is 5.91. The number of aromatic amines is 1. The van der Waals surface area contributed by atoms with Crippen LogP contribution < -0.4 is 5.32 Å². The number of H-pyrrole nitrogens is 1. The second kappa shape index (κ2) is 9.56. The first kappa shape index (κ1) is 22.1. The van der Waals surface area contributed by atoms with Gasteiger partial charge in [-0.1, -0.05) is 48.5 Å². The first-order valence-electron chi connectivity index (χ1n) is 10.6. The number of aromatic nitrogens is 1. The molecule has 3 aromatic rings. The lowest BCUT2D eigenvalue weighted by molar-refractivity contribution is -0.154. The van der Waals surface area contributed by atoms with Gasteiger partial charge in [0.15, 0.2) is 0 Å². The molecule has 2 unspecified atom stereocenters. The summed E-state index contributed by atoms with van der Waals surface area (Å²) in [7, 11) is 0. The van der Waals surface area contributed by atoms with Gasteiger partial charge in [0.1, 0.15) is 6.54 Å². The molecule has 3 N–H and O–H groups in total. The minimum absolute atomic E-state index is 0.126. The number of rotatable bonds is 9. The highest BCUT2D eigenvalue weighted by molar-refractivity contribution is 5.93. The molecule has 2 heterocycles. The summed E-state index contributed by atoms with van der Waals surface area (Å²) in [4.78, 5) is 54.9. The van der Waals surface area contributed by atoms with Gasteiger partial charge in [-0.25, -0.2) is 0 Å². The van der Waals surface area contributed by atoms with Crippen LogP contribution in [0.1, 0.15) is 17.2 Å². The number of amides is 3. The highest BCUT2D eigenvalue weighted by atomic mass is 16.4. The average Bonchev–Trinajstić information content (AvgIpc) is 3.23. The molecule has 2 aromatic carbocycles. The third kappa shape index (κ3) is 4.72. The maximum atomic E-state index is 12.8. The van der Waals surface area contributed by atoms with Gasteiger partial charge in [-0.2, -0.15) is 0 Å². The third-order valence-corrected chi connectivity index (χ3v) is 5.91. The summed E-state index contributed by atoms with van der Waals surface area (Å²) in [6.45, 7) is -0.230. The lowest BCUT2D eigenvalue weighted by atomic mass is 9.91. The monoisotopic (exact) mass is 448 g/mol. The summed E-state index contributed by atoms with van der Waals surface area (Å²) in [6, 6.07) is 15.8. The Morgan fingerprint density at radius 2 is 1.70 bits per heavy atom. The van der Waals surface area contributed by atoms with E-state index in [1.807, 2.05) is 54.6 Å². The molecule has 1 aliphatic heterocycles. The molecular weight excluding hydrogens is 424 g/mol. The number of nitrogens with one attached hydrogen (secondary N) is 2. The van der Waals surface area contributed by atoms with Crippen molar-refractivity contribution < 1.29 is 24.3 Å². The van der Waals surface area contributed by atoms with E-state index in [0.717, 1.165) is 16.5 Å². The first-order chi connectivity index (χ1) is 16.0. The van der Waals surface area contributed by atoms with Crippen molar-refractivity contribution in [2.75, 3.05) is 19.6 Å². The molecular formula is C24H24N4O5. The second-order valence-electron chi connectivity index (χ2n) is 8.01. The van der Waals surface area contributed by atoms with Crippen LogP contribution >= 0.6 is 0 Å². The van der Waals surface area contributed by atoms with Crippen LogP contribution in [0, 0.1) is 5.92 Å². The zero-order valence-corrected chi connectivity index (χ0v) is 17.8. The number of carboxylic acids is 1. The van der Waals surface area contributed by atoms with Gasteiger partial charge in [-0.15, -0.1) is 0 Å². The Morgan fingerprint density at radius 1 is 1.03 bits per heavy atom. The number of aliphatic carboxylic acids is 1. The predicted molar refractivity (Wildman–Crippen MR) is 120 cm³/mol. The Morgan fingerprint density at radius 3 is 2.42 bits per heavy atom. The molecule has 9 nitrogen and oxygen atoms in total. The van der Waals surface area contributed by atoms with Crippen LogP contribution in [0.25, 0.3) is 10.9 Å². The highest BCUT2D eigenvalue weighted by Crippen LogP contribution is 2.30. The molecule has 0 radical (unpaired) electrons. The smallest absolute Gasteiger partial charge is 0.310 e. The van der Waals surface area contributed by atoms with Gasteiger partial charge < -0.3 is 25.2 Å². The number of para-hydroxylation sites is 1. The Labute approximate surface area is 190 Å². The quantitative estimate of drug-likeness (QED) is 0.429. The van der Waals surface area contributed by atoms with Gasteiger partial charge >= 0.3 is 5.97 Å². The summed E-state index contributed by atoms with van der Waals surface area (Å²) >= 11 is 0. The molecule has 4 rings (SSSR count). The minimum Gasteiger partial charge on any atom is -0.481 e. The molecule has 1 saturated heterocycles. The zero-order chi connectivity index (χ0) is 23.4. The van der Waals surface area contributed by atoms with E-state index in [0.29, 0.717) is 18.5 Å². The van der Waals surface area contributed by atoms with Crippen LogP contribution in [-0.2, 0) is 25.7 Å². The topological polar surface area (TPSA) is 123 Å². The normalized spacial score (nSPS) is 16.0. The fourth-order valence-corrected chi connectivity index (χ4v) is 4.23. The van der Waals surface area contributed by atoms with Gasteiger partial charge in [0.2, 0.25) is 18.2 Å². The molecule has 170 valence electrons. The number of hydrogen-bond acceptors (Lipinski definition) is 4. The van der Waals surface area contributed by atoms with Crippen LogP contribution in [0.4, 0.5) is 0 Å². The Hall–Kier alpha value is -4.14. The summed E-state index contributed by atoms with van der Waals surface area (Å²) in [6.07, 6.45) is 2.11. The van der Waals surface area contributed by atoms with Gasteiger partial charge in [0, 0.05) is 35.8 Å². The van der Waals surface area contributed by atoms with Crippen LogP contribution in [0.15, 0.2) is 60.8 Å². The number of hydrogen-bond donors (Lipinski definition) is 3. The second-order valence-corrected chi connectivity index (χ2v) is 8.01. The summed E-state index contributed by atoms with van der Waals surface area (Å²) in [5, 5.41) is 13.3. The van der Waals surface area contributed by atoms with Crippen LogP contribution in [0.3, 0.4) is 0 Å². The van der Waals surface area contributed by atoms with Crippen molar-refractivity contribution in [1.82, 2.24) is 20.1 Å². The fourth-order valence-electron chi connectivity index (χ4n) is 4.23. The maximum absolute atomic E-state index is 12.8. The van der Waals surface area contributed by atoms with Gasteiger partial charge in [0.05, 0.1) is 18.5 Å². The van der Waals surface area contributed by atoms with E-state index in [1.165, 1.54) is 9.80 Å². The van der Waals surface area contributed by atoms with Crippen molar-refractivity contribution in [1.29, 1.82) is 0 Å². The first-order valence-corrected chi connectivity index (χ1v) is 10.6. The molecule has 1 aromatic heterocycles. The number of nitrogens with zero attached hydrogens (tertiary/aromatic N) is 2. The van der Waals surface area contributed by atoms with E-state index in [-0.39, 0.29) is 31.4 Å². The van der Waals surface area contributed by atoms with Crippen molar-refractivity contribution in [3.05, 3.63) is 71.9 Å². The molecule has 0 aliphatic carbocycles. The van der Waals surface area contributed by atoms with E-state index in [4.69, 9.17) is 0 Å². The van der Waals surface area contributed by atoms with Crippen LogP contribution in [0.2, 0.25) is 0 Å². The molecule has 0 spiro atoms. The van der Waals surface area contributed by atoms with E-state index >= 15 is 0 Å². The number of carbonyl (C=O) groups excluding carboxylic acids is 3. The number of carbonyl (C=O) groups is 4. The molecule has 9 heteroatoms. The molecule has 1 aliphatic rings. The Balaban J connectivity index is 1.53. The Kier molecular flexibility index (Phi) is 6.39. The van der Waals surface area contributed by atoms with Crippen LogP contribution in [0.5, 0.6) is 0 Å². The molecule has 33 heavy (non-hydrogen) atoms. The lowest BCUT2D eigenvalue weighted by Gasteiger charge is -2.36. The average molecular weight is 448 g/mol. The highest BCUT2D eigenvalue weighted by Gasteiger charge is 2.37. The number of carboxylic acid groups (broad SMARTS) is 1. The van der Waals surface area contributed by atoms with E-state index < -0.39 is 17.9 Å². The number of fused-ring (bicyclic) bond motifs is 1. The summed E-state index contributed by atoms with van der Waals surface area (Å²) in [5.41, 5.74) is 2.31. The largest absolute Gasteiger partial charge is 0.481 e. The Bertz CT molecular complexity index is 1180. The molecule has 0 saturated carbocycles. The van der Waals surface area contributed by atoms with Crippen LogP contribution in [-0.4, -0.2) is 63.7 Å². The summed E-state index contributed by atoms with van der Waals surface area (Å²) in [5.74, 6) is -2.91. The summed E-state index contributed by atoms with van der Waals surface area (Å²) < 4.78 is 0. The van der Waals surface area contributed by atoms with Crippen molar-refractivity contribution in [3.63, 3.8) is 0 Å². The van der Waals surface area contributed by atoms with Gasteiger partial charge in [0.25, 0.3) is 0 Å². The van der Waals surface area contributed by atoms with Gasteiger partial charge in [-0.3, -0.25) is 19.2 Å². The zero-order valence-electron chi connectivity index (χ0n) is 17.8. The SMILES string of the molecule is O=CNC(c1c[nH]c2ccccc12)C(CN1CC(=O)N(Cc2ccccc2)CC1=O)C(=O)O. The maximum Gasteiger partial charge on any atom is 0.310 e. The molecule has 3 amide bonds. The molecule has 1 fully saturated rings. The molecule has 2 atom stereocenters. The number of benzene rings is 2. The van der Waals surface area contributed by atoms with Gasteiger partial charge in [-0.05, 0) is 11.6 Å². The minimum atomic E-state index is -1.17. The van der Waals surface area contributed by atoms with Crippen molar-refractivity contribution in [2.45, 2.75) is 12.6 Å². The van der Waals surface area contributed by atoms with E-state index in [2.05, 4.69) is 10.3 Å². The van der Waals surface area contributed by atoms with E-state index in [9.17, 15) is 24.3 Å². The standard InChI is InChI=1S/C24H24N4O5/c29-15-26-23(18-10-25-20-9-5-4-8-17(18)20)19(24(32)33)12-28-14-21(30)27(13-22(28)31)11-16-6-2-1-3-7-16/h1-10,15,19,23,25H,11-14H2,(H,26,29)(H,32,33). The number of piperazine rings is 1.